The molecule has 0 saturated carbocycles. The van der Waals surface area contributed by atoms with E-state index < -0.39 is 0 Å². The summed E-state index contributed by atoms with van der Waals surface area (Å²) in [5, 5.41) is 0. The maximum Gasteiger partial charge on any atom is 0.121 e. The predicted molar refractivity (Wildman–Crippen MR) is 46.7 cm³/mol. The van der Waals surface area contributed by atoms with Gasteiger partial charge >= 0.3 is 0 Å². The van der Waals surface area contributed by atoms with Gasteiger partial charge in [0.05, 0.1) is 17.9 Å². The van der Waals surface area contributed by atoms with Crippen molar-refractivity contribution < 1.29 is 0 Å². The molecule has 0 aliphatic rings. The van der Waals surface area contributed by atoms with Gasteiger partial charge < -0.3 is 10.7 Å². The molecule has 0 amide bonds. The molecule has 3 heteroatoms. The summed E-state index contributed by atoms with van der Waals surface area (Å²) in [6.45, 7) is 7.65. The van der Waals surface area contributed by atoms with Gasteiger partial charge in [0, 0.05) is 0 Å². The van der Waals surface area contributed by atoms with Gasteiger partial charge in [-0.3, -0.25) is 0 Å². The number of aromatic amines is 1. The standard InChI is InChI=1S/C8H11N3/c1-3-6-7(4-2)11-8(5-9)10-6/h3-4H,1-2,5,9H2,(H,10,11). The summed E-state index contributed by atoms with van der Waals surface area (Å²) in [5.41, 5.74) is 7.06. The van der Waals surface area contributed by atoms with E-state index in [4.69, 9.17) is 5.73 Å². The molecule has 0 fully saturated rings. The van der Waals surface area contributed by atoms with E-state index >= 15 is 0 Å². The Labute approximate surface area is 65.6 Å². The van der Waals surface area contributed by atoms with Crippen molar-refractivity contribution in [1.29, 1.82) is 0 Å². The molecule has 0 radical (unpaired) electrons. The van der Waals surface area contributed by atoms with Crippen LogP contribution in [0.5, 0.6) is 0 Å². The summed E-state index contributed by atoms with van der Waals surface area (Å²) < 4.78 is 0. The van der Waals surface area contributed by atoms with Gasteiger partial charge in [-0.05, 0) is 12.2 Å². The lowest BCUT2D eigenvalue weighted by molar-refractivity contribution is 0.947. The Bertz CT molecular complexity index is 247. The average molecular weight is 149 g/mol. The van der Waals surface area contributed by atoms with Gasteiger partial charge in [0.15, 0.2) is 0 Å². The van der Waals surface area contributed by atoms with Gasteiger partial charge in [0.1, 0.15) is 5.82 Å². The van der Waals surface area contributed by atoms with E-state index in [1.165, 1.54) is 0 Å². The van der Waals surface area contributed by atoms with Gasteiger partial charge in [0.25, 0.3) is 0 Å². The van der Waals surface area contributed by atoms with E-state index in [2.05, 4.69) is 23.1 Å². The first-order valence-corrected chi connectivity index (χ1v) is 3.35. The lowest BCUT2D eigenvalue weighted by Gasteiger charge is -1.84. The molecule has 1 heterocycles. The van der Waals surface area contributed by atoms with Crippen molar-refractivity contribution in [3.05, 3.63) is 30.4 Å². The van der Waals surface area contributed by atoms with Gasteiger partial charge in [-0.15, -0.1) is 0 Å². The van der Waals surface area contributed by atoms with Crippen LogP contribution < -0.4 is 5.73 Å². The summed E-state index contributed by atoms with van der Waals surface area (Å²) in [4.78, 5) is 7.15. The number of nitrogens with two attached hydrogens (primary N) is 1. The lowest BCUT2D eigenvalue weighted by Crippen LogP contribution is -1.97. The predicted octanol–water partition coefficient (Wildman–Crippen LogP) is 1.15. The number of aromatic nitrogens is 2. The fourth-order valence-corrected chi connectivity index (χ4v) is 0.861. The lowest BCUT2D eigenvalue weighted by atomic mass is 10.3. The Morgan fingerprint density at radius 2 is 2.18 bits per heavy atom. The minimum absolute atomic E-state index is 0.411. The molecule has 11 heavy (non-hydrogen) atoms. The number of imidazole rings is 1. The Morgan fingerprint density at radius 3 is 2.55 bits per heavy atom. The first kappa shape index (κ1) is 7.75. The summed E-state index contributed by atoms with van der Waals surface area (Å²) in [5.74, 6) is 0.759. The zero-order chi connectivity index (χ0) is 8.27. The number of nitrogens with one attached hydrogen (secondary N) is 1. The van der Waals surface area contributed by atoms with Crippen LogP contribution in [-0.4, -0.2) is 9.97 Å². The quantitative estimate of drug-likeness (QED) is 0.677. The van der Waals surface area contributed by atoms with E-state index in [9.17, 15) is 0 Å². The summed E-state index contributed by atoms with van der Waals surface area (Å²) in [6.07, 6.45) is 3.37. The zero-order valence-corrected chi connectivity index (χ0v) is 6.30. The van der Waals surface area contributed by atoms with Gasteiger partial charge in [-0.1, -0.05) is 13.2 Å². The second kappa shape index (κ2) is 3.16. The molecule has 0 atom stereocenters. The smallest absolute Gasteiger partial charge is 0.121 e. The second-order valence-electron chi connectivity index (χ2n) is 2.09. The monoisotopic (exact) mass is 149 g/mol. The molecule has 3 nitrogen and oxygen atoms in total. The highest BCUT2D eigenvalue weighted by Crippen LogP contribution is 2.07. The molecule has 0 aliphatic heterocycles. The fourth-order valence-electron chi connectivity index (χ4n) is 0.861. The summed E-state index contributed by atoms with van der Waals surface area (Å²) in [6, 6.07) is 0. The topological polar surface area (TPSA) is 54.7 Å². The molecule has 0 unspecified atom stereocenters. The molecule has 0 bridgehead atoms. The maximum absolute atomic E-state index is 5.38. The molecule has 0 saturated heterocycles. The Kier molecular flexibility index (Phi) is 2.23. The van der Waals surface area contributed by atoms with E-state index in [-0.39, 0.29) is 0 Å². The van der Waals surface area contributed by atoms with E-state index in [0.717, 1.165) is 17.2 Å². The number of hydrogen-bond donors (Lipinski definition) is 2. The number of hydrogen-bond acceptors (Lipinski definition) is 2. The summed E-state index contributed by atoms with van der Waals surface area (Å²) in [7, 11) is 0. The first-order valence-electron chi connectivity index (χ1n) is 3.35. The molecule has 1 rings (SSSR count). The zero-order valence-electron chi connectivity index (χ0n) is 6.30. The number of rotatable bonds is 3. The minimum Gasteiger partial charge on any atom is -0.341 e. The molecule has 0 spiro atoms. The van der Waals surface area contributed by atoms with Gasteiger partial charge in [-0.2, -0.15) is 0 Å². The number of nitrogens with zero attached hydrogens (tertiary/aromatic N) is 1. The van der Waals surface area contributed by atoms with Crippen LogP contribution >= 0.6 is 0 Å². The Morgan fingerprint density at radius 1 is 1.45 bits per heavy atom. The second-order valence-corrected chi connectivity index (χ2v) is 2.09. The third-order valence-corrected chi connectivity index (χ3v) is 1.40. The van der Waals surface area contributed by atoms with Crippen LogP contribution in [0.15, 0.2) is 13.2 Å². The largest absolute Gasteiger partial charge is 0.341 e. The molecule has 58 valence electrons. The maximum atomic E-state index is 5.38. The van der Waals surface area contributed by atoms with E-state index in [1.807, 2.05) is 0 Å². The van der Waals surface area contributed by atoms with Crippen molar-refractivity contribution in [2.75, 3.05) is 0 Å². The molecular weight excluding hydrogens is 138 g/mol. The Hall–Kier alpha value is -1.35. The highest BCUT2D eigenvalue weighted by Gasteiger charge is 2.01. The van der Waals surface area contributed by atoms with Crippen molar-refractivity contribution in [3.63, 3.8) is 0 Å². The van der Waals surface area contributed by atoms with E-state index in [0.29, 0.717) is 6.54 Å². The molecule has 1 aromatic rings. The van der Waals surface area contributed by atoms with Crippen molar-refractivity contribution >= 4 is 12.2 Å². The van der Waals surface area contributed by atoms with Crippen LogP contribution in [0.1, 0.15) is 17.2 Å². The Balaban J connectivity index is 3.11. The van der Waals surface area contributed by atoms with Crippen LogP contribution in [0, 0.1) is 0 Å². The third kappa shape index (κ3) is 1.38. The SMILES string of the molecule is C=Cc1nc(CN)[nH]c1C=C. The molecular formula is C8H11N3. The van der Waals surface area contributed by atoms with E-state index in [1.54, 1.807) is 12.2 Å². The molecule has 0 aliphatic carbocycles. The van der Waals surface area contributed by atoms with Crippen LogP contribution in [0.4, 0.5) is 0 Å². The molecule has 0 aromatic carbocycles. The first-order chi connectivity index (χ1) is 5.31. The van der Waals surface area contributed by atoms with Crippen molar-refractivity contribution in [2.45, 2.75) is 6.54 Å². The third-order valence-electron chi connectivity index (χ3n) is 1.40. The highest BCUT2D eigenvalue weighted by molar-refractivity contribution is 5.57. The molecule has 3 N–H and O–H groups in total. The van der Waals surface area contributed by atoms with Crippen molar-refractivity contribution in [2.24, 2.45) is 5.73 Å². The van der Waals surface area contributed by atoms with Gasteiger partial charge in [0.2, 0.25) is 0 Å². The number of H-pyrrole nitrogens is 1. The summed E-state index contributed by atoms with van der Waals surface area (Å²) >= 11 is 0. The average Bonchev–Trinajstić information content (AvgIpc) is 2.46. The normalized spacial score (nSPS) is 9.55. The van der Waals surface area contributed by atoms with Gasteiger partial charge in [-0.25, -0.2) is 4.98 Å². The van der Waals surface area contributed by atoms with Crippen LogP contribution in [0.3, 0.4) is 0 Å². The molecule has 1 aromatic heterocycles. The fraction of sp³-hybridized carbons (Fsp3) is 0.125. The van der Waals surface area contributed by atoms with Crippen LogP contribution in [0.2, 0.25) is 0 Å². The van der Waals surface area contributed by atoms with Crippen molar-refractivity contribution in [3.8, 4) is 0 Å². The minimum atomic E-state index is 0.411. The van der Waals surface area contributed by atoms with Crippen molar-refractivity contribution in [1.82, 2.24) is 9.97 Å². The van der Waals surface area contributed by atoms with Crippen LogP contribution in [-0.2, 0) is 6.54 Å². The highest BCUT2D eigenvalue weighted by atomic mass is 14.9. The van der Waals surface area contributed by atoms with Crippen LogP contribution in [0.25, 0.3) is 12.2 Å².